The zero-order valence-corrected chi connectivity index (χ0v) is 14.3. The van der Waals surface area contributed by atoms with E-state index in [0.29, 0.717) is 12.2 Å². The van der Waals surface area contributed by atoms with Gasteiger partial charge in [0.1, 0.15) is 6.10 Å². The average molecular weight is 350 g/mol. The Morgan fingerprint density at radius 2 is 1.84 bits per heavy atom. The molecular formula is C18H26N2O5. The van der Waals surface area contributed by atoms with Gasteiger partial charge in [-0.25, -0.2) is 0 Å². The lowest BCUT2D eigenvalue weighted by Crippen LogP contribution is -2.48. The summed E-state index contributed by atoms with van der Waals surface area (Å²) in [6.07, 6.45) is -1.76. The predicted octanol–water partition coefficient (Wildman–Crippen LogP) is -0.383. The Bertz CT molecular complexity index is 559. The minimum Gasteiger partial charge on any atom is -0.390 e. The number of aliphatic hydroxyl groups excluding tert-OH is 2. The van der Waals surface area contributed by atoms with E-state index in [1.165, 1.54) is 0 Å². The van der Waals surface area contributed by atoms with Gasteiger partial charge >= 0.3 is 0 Å². The van der Waals surface area contributed by atoms with Crippen molar-refractivity contribution in [3.8, 4) is 0 Å². The van der Waals surface area contributed by atoms with Crippen LogP contribution in [0, 0.1) is 5.92 Å². The Balaban J connectivity index is 1.48. The van der Waals surface area contributed by atoms with Gasteiger partial charge in [-0.15, -0.1) is 0 Å². The van der Waals surface area contributed by atoms with Crippen molar-refractivity contribution >= 4 is 5.91 Å². The standard InChI is InChI=1S/C18H26N2O5/c21-16-12-25-11-15(17(16)22)9-19-18(23)14-3-1-13(2-4-14)10-20-5-7-24-8-6-20/h1-4,15-17,21-22H,5-12H2,(H,19,23)/t15-,16-,17+/m1/s1. The van der Waals surface area contributed by atoms with Crippen LogP contribution in [0.4, 0.5) is 0 Å². The molecule has 0 radical (unpaired) electrons. The molecule has 7 nitrogen and oxygen atoms in total. The number of hydrogen-bond acceptors (Lipinski definition) is 6. The molecule has 1 aromatic rings. The second-order valence-electron chi connectivity index (χ2n) is 6.65. The Hall–Kier alpha value is -1.51. The number of nitrogens with zero attached hydrogens (tertiary/aromatic N) is 1. The monoisotopic (exact) mass is 350 g/mol. The van der Waals surface area contributed by atoms with Gasteiger partial charge in [0, 0.05) is 37.7 Å². The van der Waals surface area contributed by atoms with Gasteiger partial charge in [0.2, 0.25) is 0 Å². The summed E-state index contributed by atoms with van der Waals surface area (Å²) in [5, 5.41) is 22.3. The summed E-state index contributed by atoms with van der Waals surface area (Å²) < 4.78 is 10.6. The van der Waals surface area contributed by atoms with E-state index in [-0.39, 0.29) is 25.0 Å². The first-order valence-electron chi connectivity index (χ1n) is 8.74. The summed E-state index contributed by atoms with van der Waals surface area (Å²) in [6.45, 7) is 4.99. The fraction of sp³-hybridized carbons (Fsp3) is 0.611. The van der Waals surface area contributed by atoms with Crippen molar-refractivity contribution in [1.29, 1.82) is 0 Å². The summed E-state index contributed by atoms with van der Waals surface area (Å²) in [5.74, 6) is -0.488. The molecule has 0 spiro atoms. The molecule has 0 unspecified atom stereocenters. The summed E-state index contributed by atoms with van der Waals surface area (Å²) in [4.78, 5) is 14.6. The van der Waals surface area contributed by atoms with Gasteiger partial charge in [-0.3, -0.25) is 9.69 Å². The number of nitrogens with one attached hydrogen (secondary N) is 1. The lowest BCUT2D eigenvalue weighted by molar-refractivity contribution is -0.118. The topological polar surface area (TPSA) is 91.3 Å². The van der Waals surface area contributed by atoms with Gasteiger partial charge in [-0.1, -0.05) is 12.1 Å². The first-order valence-corrected chi connectivity index (χ1v) is 8.74. The fourth-order valence-electron chi connectivity index (χ4n) is 3.14. The van der Waals surface area contributed by atoms with Crippen LogP contribution in [0.5, 0.6) is 0 Å². The first kappa shape index (κ1) is 18.3. The molecule has 2 saturated heterocycles. The molecule has 3 rings (SSSR count). The predicted molar refractivity (Wildman–Crippen MR) is 91.2 cm³/mol. The molecule has 25 heavy (non-hydrogen) atoms. The minimum atomic E-state index is -0.893. The molecular weight excluding hydrogens is 324 g/mol. The number of hydrogen-bond donors (Lipinski definition) is 3. The van der Waals surface area contributed by atoms with Crippen LogP contribution in [0.1, 0.15) is 15.9 Å². The molecule has 3 N–H and O–H groups in total. The number of ether oxygens (including phenoxy) is 2. The molecule has 2 aliphatic rings. The SMILES string of the molecule is O=C(NC[C@@H]1COC[C@@H](O)[C@H]1O)c1ccc(CN2CCOCC2)cc1. The van der Waals surface area contributed by atoms with Gasteiger partial charge in [-0.2, -0.15) is 0 Å². The van der Waals surface area contributed by atoms with E-state index >= 15 is 0 Å². The Labute approximate surface area is 147 Å². The quantitative estimate of drug-likeness (QED) is 0.670. The van der Waals surface area contributed by atoms with Gasteiger partial charge in [-0.05, 0) is 17.7 Å². The van der Waals surface area contributed by atoms with Crippen molar-refractivity contribution in [3.05, 3.63) is 35.4 Å². The van der Waals surface area contributed by atoms with Crippen molar-refractivity contribution < 1.29 is 24.5 Å². The van der Waals surface area contributed by atoms with Crippen LogP contribution in [-0.4, -0.2) is 79.3 Å². The van der Waals surface area contributed by atoms with Crippen molar-refractivity contribution in [2.45, 2.75) is 18.8 Å². The van der Waals surface area contributed by atoms with E-state index in [0.717, 1.165) is 38.4 Å². The smallest absolute Gasteiger partial charge is 0.251 e. The van der Waals surface area contributed by atoms with Crippen LogP contribution < -0.4 is 5.32 Å². The Kier molecular flexibility index (Phi) is 6.39. The van der Waals surface area contributed by atoms with Gasteiger partial charge in [0.15, 0.2) is 0 Å². The number of aliphatic hydroxyl groups is 2. The maximum Gasteiger partial charge on any atom is 0.251 e. The highest BCUT2D eigenvalue weighted by atomic mass is 16.5. The summed E-state index contributed by atoms with van der Waals surface area (Å²) >= 11 is 0. The van der Waals surface area contributed by atoms with Crippen molar-refractivity contribution in [2.75, 3.05) is 46.1 Å². The molecule has 1 aromatic carbocycles. The second kappa shape index (κ2) is 8.73. The highest BCUT2D eigenvalue weighted by molar-refractivity contribution is 5.94. The lowest BCUT2D eigenvalue weighted by Gasteiger charge is -2.31. The Morgan fingerprint density at radius 3 is 2.56 bits per heavy atom. The normalized spacial score (nSPS) is 27.8. The highest BCUT2D eigenvalue weighted by Crippen LogP contribution is 2.15. The molecule has 0 aromatic heterocycles. The molecule has 2 fully saturated rings. The third kappa shape index (κ3) is 4.99. The van der Waals surface area contributed by atoms with Crippen LogP contribution in [0.15, 0.2) is 24.3 Å². The summed E-state index contributed by atoms with van der Waals surface area (Å²) in [6, 6.07) is 7.56. The molecule has 0 aliphatic carbocycles. The van der Waals surface area contributed by atoms with Crippen LogP contribution in [-0.2, 0) is 16.0 Å². The number of carbonyl (C=O) groups excluding carboxylic acids is 1. The van der Waals surface area contributed by atoms with Crippen molar-refractivity contribution in [3.63, 3.8) is 0 Å². The van der Waals surface area contributed by atoms with E-state index in [1.807, 2.05) is 24.3 Å². The Morgan fingerprint density at radius 1 is 1.12 bits per heavy atom. The molecule has 0 bridgehead atoms. The van der Waals surface area contributed by atoms with Gasteiger partial charge < -0.3 is 25.0 Å². The third-order valence-electron chi connectivity index (χ3n) is 4.75. The zero-order valence-electron chi connectivity index (χ0n) is 14.3. The van der Waals surface area contributed by atoms with Gasteiger partial charge in [0.25, 0.3) is 5.91 Å². The maximum absolute atomic E-state index is 12.3. The largest absolute Gasteiger partial charge is 0.390 e. The number of morpholine rings is 1. The van der Waals surface area contributed by atoms with E-state index in [4.69, 9.17) is 9.47 Å². The molecule has 138 valence electrons. The molecule has 0 saturated carbocycles. The van der Waals surface area contributed by atoms with Gasteiger partial charge in [0.05, 0.1) is 32.5 Å². The molecule has 2 aliphatic heterocycles. The number of amides is 1. The molecule has 2 heterocycles. The summed E-state index contributed by atoms with van der Waals surface area (Å²) in [7, 11) is 0. The molecule has 7 heteroatoms. The van der Waals surface area contributed by atoms with Crippen LogP contribution in [0.2, 0.25) is 0 Å². The first-order chi connectivity index (χ1) is 12.1. The van der Waals surface area contributed by atoms with Crippen LogP contribution in [0.3, 0.4) is 0 Å². The molecule has 1 amide bonds. The number of benzene rings is 1. The fourth-order valence-corrected chi connectivity index (χ4v) is 3.14. The van der Waals surface area contributed by atoms with Crippen LogP contribution >= 0.6 is 0 Å². The minimum absolute atomic E-state index is 0.135. The van der Waals surface area contributed by atoms with Crippen molar-refractivity contribution in [2.24, 2.45) is 5.92 Å². The van der Waals surface area contributed by atoms with E-state index in [1.54, 1.807) is 0 Å². The second-order valence-corrected chi connectivity index (χ2v) is 6.65. The zero-order chi connectivity index (χ0) is 17.6. The van der Waals surface area contributed by atoms with E-state index in [9.17, 15) is 15.0 Å². The third-order valence-corrected chi connectivity index (χ3v) is 4.75. The van der Waals surface area contributed by atoms with E-state index < -0.39 is 12.2 Å². The lowest BCUT2D eigenvalue weighted by atomic mass is 9.96. The van der Waals surface area contributed by atoms with Crippen LogP contribution in [0.25, 0.3) is 0 Å². The van der Waals surface area contributed by atoms with E-state index in [2.05, 4.69) is 10.2 Å². The number of rotatable bonds is 5. The summed E-state index contributed by atoms with van der Waals surface area (Å²) in [5.41, 5.74) is 1.75. The molecule has 3 atom stereocenters. The van der Waals surface area contributed by atoms with Crippen molar-refractivity contribution in [1.82, 2.24) is 10.2 Å². The average Bonchev–Trinajstić information content (AvgIpc) is 2.64. The maximum atomic E-state index is 12.3. The number of carbonyl (C=O) groups is 1. The highest BCUT2D eigenvalue weighted by Gasteiger charge is 2.31.